The van der Waals surface area contributed by atoms with Gasteiger partial charge in [0, 0.05) is 11.9 Å². The summed E-state index contributed by atoms with van der Waals surface area (Å²) in [5.74, 6) is 0.805. The summed E-state index contributed by atoms with van der Waals surface area (Å²) in [7, 11) is 0. The van der Waals surface area contributed by atoms with Gasteiger partial charge in [-0.25, -0.2) is 9.97 Å². The molecule has 0 aliphatic rings. The number of hydrogen-bond acceptors (Lipinski definition) is 4. The van der Waals surface area contributed by atoms with Crippen LogP contribution in [0.3, 0.4) is 0 Å². The molecule has 14 heavy (non-hydrogen) atoms. The minimum Gasteiger partial charge on any atom is -0.254 e. The highest BCUT2D eigenvalue weighted by Gasteiger charge is 1.98. The molecule has 0 atom stereocenters. The number of nitrogens with zero attached hydrogens (tertiary/aromatic N) is 3. The fraction of sp³-hybridized carbons (Fsp3) is 0.125. The first-order chi connectivity index (χ1) is 6.84. The van der Waals surface area contributed by atoms with Gasteiger partial charge in [0.25, 0.3) is 0 Å². The Bertz CT molecular complexity index is 386. The first-order valence-corrected chi connectivity index (χ1v) is 5.29. The normalized spacial score (nSPS) is 10.4. The van der Waals surface area contributed by atoms with Crippen molar-refractivity contribution < 1.29 is 0 Å². The number of pyridine rings is 1. The van der Waals surface area contributed by atoms with Gasteiger partial charge in [0.1, 0.15) is 11.5 Å². The molecule has 2 rings (SSSR count). The van der Waals surface area contributed by atoms with E-state index in [9.17, 15) is 0 Å². The lowest BCUT2D eigenvalue weighted by Crippen LogP contribution is -1.83. The van der Waals surface area contributed by atoms with Gasteiger partial charge in [-0.3, -0.25) is 5.10 Å². The van der Waals surface area contributed by atoms with Crippen LogP contribution in [0.5, 0.6) is 0 Å². The highest BCUT2D eigenvalue weighted by atomic mass is 35.5. The monoisotopic (exact) mass is 226 g/mol. The Morgan fingerprint density at radius 1 is 1.36 bits per heavy atom. The molecule has 0 radical (unpaired) electrons. The molecule has 0 aliphatic carbocycles. The van der Waals surface area contributed by atoms with Gasteiger partial charge < -0.3 is 0 Å². The van der Waals surface area contributed by atoms with E-state index in [4.69, 9.17) is 11.6 Å². The molecule has 0 aliphatic heterocycles. The van der Waals surface area contributed by atoms with Gasteiger partial charge in [0.15, 0.2) is 5.16 Å². The Hall–Kier alpha value is -1.07. The molecule has 0 fully saturated rings. The Balaban J connectivity index is 1.95. The Labute approximate surface area is 90.1 Å². The van der Waals surface area contributed by atoms with Gasteiger partial charge in [-0.2, -0.15) is 5.10 Å². The molecule has 0 saturated heterocycles. The molecular formula is C8H7ClN4S. The summed E-state index contributed by atoms with van der Waals surface area (Å²) < 4.78 is 0. The van der Waals surface area contributed by atoms with Crippen LogP contribution in [0, 0.1) is 0 Å². The third-order valence-corrected chi connectivity index (χ3v) is 2.73. The van der Waals surface area contributed by atoms with E-state index in [0.717, 1.165) is 16.5 Å². The lowest BCUT2D eigenvalue weighted by Gasteiger charge is -1.97. The second-order valence-corrected chi connectivity index (χ2v) is 3.92. The van der Waals surface area contributed by atoms with Gasteiger partial charge in [-0.15, -0.1) is 0 Å². The largest absolute Gasteiger partial charge is 0.254 e. The molecule has 6 heteroatoms. The molecule has 0 amide bonds. The van der Waals surface area contributed by atoms with Crippen molar-refractivity contribution in [2.45, 2.75) is 10.9 Å². The van der Waals surface area contributed by atoms with Gasteiger partial charge in [-0.05, 0) is 11.6 Å². The number of H-pyrrole nitrogens is 1. The van der Waals surface area contributed by atoms with Gasteiger partial charge in [0.05, 0.1) is 0 Å². The van der Waals surface area contributed by atoms with Crippen LogP contribution in [-0.2, 0) is 5.75 Å². The van der Waals surface area contributed by atoms with Crippen LogP contribution < -0.4 is 0 Å². The maximum absolute atomic E-state index is 5.66. The fourth-order valence-corrected chi connectivity index (χ4v) is 1.73. The van der Waals surface area contributed by atoms with Crippen molar-refractivity contribution in [2.75, 3.05) is 0 Å². The van der Waals surface area contributed by atoms with E-state index in [-0.39, 0.29) is 0 Å². The molecule has 0 saturated carbocycles. The minimum atomic E-state index is 0.512. The average molecular weight is 227 g/mol. The average Bonchev–Trinajstić information content (AvgIpc) is 2.70. The summed E-state index contributed by atoms with van der Waals surface area (Å²) >= 11 is 7.24. The van der Waals surface area contributed by atoms with E-state index < -0.39 is 0 Å². The Morgan fingerprint density at radius 2 is 2.29 bits per heavy atom. The second-order valence-electron chi connectivity index (χ2n) is 2.57. The predicted octanol–water partition coefficient (Wildman–Crippen LogP) is 2.15. The highest BCUT2D eigenvalue weighted by Crippen LogP contribution is 2.18. The predicted molar refractivity (Wildman–Crippen MR) is 55.2 cm³/mol. The quantitative estimate of drug-likeness (QED) is 0.644. The first kappa shape index (κ1) is 9.48. The van der Waals surface area contributed by atoms with Crippen molar-refractivity contribution >= 4 is 23.4 Å². The Morgan fingerprint density at radius 3 is 2.93 bits per heavy atom. The molecule has 4 nitrogen and oxygen atoms in total. The molecule has 2 aromatic rings. The zero-order valence-corrected chi connectivity index (χ0v) is 8.72. The summed E-state index contributed by atoms with van der Waals surface area (Å²) in [5, 5.41) is 7.85. The van der Waals surface area contributed by atoms with Crippen molar-refractivity contribution in [3.63, 3.8) is 0 Å². The standard InChI is InChI=1S/C8H7ClN4S/c9-7-2-1-6(3-10-7)4-14-8-11-5-12-13-8/h1-3,5H,4H2,(H,11,12,13). The molecule has 0 spiro atoms. The second kappa shape index (κ2) is 4.43. The number of nitrogens with one attached hydrogen (secondary N) is 1. The summed E-state index contributed by atoms with van der Waals surface area (Å²) in [5.41, 5.74) is 1.11. The van der Waals surface area contributed by atoms with Crippen LogP contribution in [0.15, 0.2) is 29.8 Å². The van der Waals surface area contributed by atoms with E-state index in [2.05, 4.69) is 20.2 Å². The summed E-state index contributed by atoms with van der Waals surface area (Å²) in [6.45, 7) is 0. The van der Waals surface area contributed by atoms with Crippen molar-refractivity contribution in [2.24, 2.45) is 0 Å². The molecule has 2 aromatic heterocycles. The highest BCUT2D eigenvalue weighted by molar-refractivity contribution is 7.98. The van der Waals surface area contributed by atoms with Crippen LogP contribution in [0.4, 0.5) is 0 Å². The molecule has 0 unspecified atom stereocenters. The molecular weight excluding hydrogens is 220 g/mol. The zero-order valence-electron chi connectivity index (χ0n) is 7.14. The SMILES string of the molecule is Clc1ccc(CSc2ncn[nH]2)cn1. The molecule has 0 bridgehead atoms. The summed E-state index contributed by atoms with van der Waals surface area (Å²) in [6.07, 6.45) is 3.24. The fourth-order valence-electron chi connectivity index (χ4n) is 0.907. The van der Waals surface area contributed by atoms with E-state index in [1.807, 2.05) is 6.07 Å². The topological polar surface area (TPSA) is 54.5 Å². The minimum absolute atomic E-state index is 0.512. The van der Waals surface area contributed by atoms with E-state index >= 15 is 0 Å². The van der Waals surface area contributed by atoms with Crippen molar-refractivity contribution in [1.29, 1.82) is 0 Å². The van der Waals surface area contributed by atoms with E-state index in [1.165, 1.54) is 6.33 Å². The van der Waals surface area contributed by atoms with Crippen LogP contribution in [-0.4, -0.2) is 20.2 Å². The Kier molecular flexibility index (Phi) is 3.00. The van der Waals surface area contributed by atoms with Crippen molar-refractivity contribution in [3.8, 4) is 0 Å². The molecule has 2 heterocycles. The van der Waals surface area contributed by atoms with Gasteiger partial charge in [0.2, 0.25) is 0 Å². The lowest BCUT2D eigenvalue weighted by atomic mass is 10.3. The molecule has 1 N–H and O–H groups in total. The number of rotatable bonds is 3. The van der Waals surface area contributed by atoms with Crippen molar-refractivity contribution in [3.05, 3.63) is 35.4 Å². The maximum Gasteiger partial charge on any atom is 0.183 e. The van der Waals surface area contributed by atoms with Crippen LogP contribution in [0.2, 0.25) is 5.15 Å². The number of thioether (sulfide) groups is 1. The maximum atomic E-state index is 5.66. The van der Waals surface area contributed by atoms with Crippen LogP contribution >= 0.6 is 23.4 Å². The number of aromatic amines is 1. The molecule has 72 valence electrons. The summed E-state index contributed by atoms with van der Waals surface area (Å²) in [6, 6.07) is 3.72. The van der Waals surface area contributed by atoms with Gasteiger partial charge in [-0.1, -0.05) is 29.4 Å². The van der Waals surface area contributed by atoms with Crippen LogP contribution in [0.25, 0.3) is 0 Å². The van der Waals surface area contributed by atoms with E-state index in [0.29, 0.717) is 5.15 Å². The number of aromatic nitrogens is 4. The summed E-state index contributed by atoms with van der Waals surface area (Å²) in [4.78, 5) is 7.98. The first-order valence-electron chi connectivity index (χ1n) is 3.93. The van der Waals surface area contributed by atoms with Gasteiger partial charge >= 0.3 is 0 Å². The smallest absolute Gasteiger partial charge is 0.183 e. The zero-order chi connectivity index (χ0) is 9.80. The third-order valence-electron chi connectivity index (χ3n) is 1.56. The number of hydrogen-bond donors (Lipinski definition) is 1. The van der Waals surface area contributed by atoms with Crippen molar-refractivity contribution in [1.82, 2.24) is 20.2 Å². The van der Waals surface area contributed by atoms with E-state index in [1.54, 1.807) is 24.0 Å². The van der Waals surface area contributed by atoms with Crippen LogP contribution in [0.1, 0.15) is 5.56 Å². The molecule has 0 aromatic carbocycles. The number of halogens is 1. The lowest BCUT2D eigenvalue weighted by molar-refractivity contribution is 0.972. The third kappa shape index (κ3) is 2.46.